The molecular weight excluding hydrogens is 238 g/mol. The molecule has 0 N–H and O–H groups in total. The van der Waals surface area contributed by atoms with Crippen LogP contribution in [0.1, 0.15) is 0 Å². The molecule has 0 unspecified atom stereocenters. The van der Waals surface area contributed by atoms with Gasteiger partial charge in [-0.1, -0.05) is 0 Å². The van der Waals surface area contributed by atoms with Gasteiger partial charge < -0.3 is 0 Å². The number of halogens is 2. The molecule has 2 rings (SSSR count). The molecule has 0 saturated carbocycles. The Hall–Kier alpha value is -1.76. The van der Waals surface area contributed by atoms with Gasteiger partial charge in [0.2, 0.25) is 0 Å². The van der Waals surface area contributed by atoms with Crippen LogP contribution in [0.3, 0.4) is 0 Å². The van der Waals surface area contributed by atoms with Gasteiger partial charge in [0.1, 0.15) is 16.5 Å². The van der Waals surface area contributed by atoms with Crippen LogP contribution in [0.5, 0.6) is 0 Å². The van der Waals surface area contributed by atoms with Gasteiger partial charge in [0, 0.05) is 12.3 Å². The fourth-order valence-electron chi connectivity index (χ4n) is 1.18. The van der Waals surface area contributed by atoms with E-state index in [0.717, 1.165) is 18.3 Å². The normalized spacial score (nSPS) is 11.6. The molecule has 16 heavy (non-hydrogen) atoms. The van der Waals surface area contributed by atoms with E-state index in [9.17, 15) is 17.2 Å². The summed E-state index contributed by atoms with van der Waals surface area (Å²) in [5.74, 6) is -1.98. The lowest BCUT2D eigenvalue weighted by molar-refractivity contribution is 0.542. The third-order valence-electron chi connectivity index (χ3n) is 1.90. The van der Waals surface area contributed by atoms with Crippen molar-refractivity contribution in [3.05, 3.63) is 48.3 Å². The van der Waals surface area contributed by atoms with Crippen molar-refractivity contribution in [3.63, 3.8) is 0 Å². The van der Waals surface area contributed by atoms with Crippen LogP contribution in [0.15, 0.2) is 41.6 Å². The first-order valence-electron chi connectivity index (χ1n) is 4.22. The first kappa shape index (κ1) is 10.7. The summed E-state index contributed by atoms with van der Waals surface area (Å²) in [6.07, 6.45) is 2.41. The van der Waals surface area contributed by atoms with Crippen molar-refractivity contribution < 1.29 is 17.2 Å². The van der Waals surface area contributed by atoms with Gasteiger partial charge in [-0.15, -0.1) is 0 Å². The van der Waals surface area contributed by atoms with Gasteiger partial charge in [0.25, 0.3) is 10.0 Å². The molecule has 0 aliphatic heterocycles. The first-order valence-corrected chi connectivity index (χ1v) is 5.66. The van der Waals surface area contributed by atoms with E-state index in [4.69, 9.17) is 0 Å². The van der Waals surface area contributed by atoms with E-state index in [-0.39, 0.29) is 0 Å². The maximum absolute atomic E-state index is 13.3. The molecule has 84 valence electrons. The van der Waals surface area contributed by atoms with Crippen molar-refractivity contribution in [1.82, 2.24) is 9.19 Å². The van der Waals surface area contributed by atoms with E-state index < -0.39 is 26.6 Å². The fraction of sp³-hybridized carbons (Fsp3) is 0. The molecule has 0 aliphatic rings. The van der Waals surface area contributed by atoms with E-state index in [1.54, 1.807) is 0 Å². The zero-order valence-electron chi connectivity index (χ0n) is 7.84. The SMILES string of the molecule is O=S(=O)(c1ccc(F)cc1F)n1cccn1. The summed E-state index contributed by atoms with van der Waals surface area (Å²) in [6, 6.07) is 3.64. The van der Waals surface area contributed by atoms with Gasteiger partial charge in [-0.3, -0.25) is 0 Å². The third-order valence-corrected chi connectivity index (χ3v) is 3.49. The monoisotopic (exact) mass is 244 g/mol. The summed E-state index contributed by atoms with van der Waals surface area (Å²) in [5.41, 5.74) is 0. The predicted molar refractivity (Wildman–Crippen MR) is 51.2 cm³/mol. The smallest absolute Gasteiger partial charge is 0.207 e. The van der Waals surface area contributed by atoms with Crippen LogP contribution in [0.25, 0.3) is 0 Å². The molecule has 0 amide bonds. The molecule has 0 saturated heterocycles. The van der Waals surface area contributed by atoms with E-state index >= 15 is 0 Å². The molecular formula is C9H6F2N2O2S. The Balaban J connectivity index is 2.61. The molecule has 0 spiro atoms. The molecule has 7 heteroatoms. The zero-order valence-corrected chi connectivity index (χ0v) is 8.66. The highest BCUT2D eigenvalue weighted by atomic mass is 32.2. The average molecular weight is 244 g/mol. The number of aromatic nitrogens is 2. The summed E-state index contributed by atoms with van der Waals surface area (Å²) in [6.45, 7) is 0. The first-order chi connectivity index (χ1) is 7.51. The molecule has 0 radical (unpaired) electrons. The van der Waals surface area contributed by atoms with Crippen molar-refractivity contribution in [2.75, 3.05) is 0 Å². The Labute approximate surface area is 90.2 Å². The van der Waals surface area contributed by atoms with Gasteiger partial charge in [-0.05, 0) is 18.2 Å². The lowest BCUT2D eigenvalue weighted by atomic mass is 10.3. The van der Waals surface area contributed by atoms with E-state index in [0.29, 0.717) is 10.2 Å². The molecule has 1 aromatic carbocycles. The van der Waals surface area contributed by atoms with Gasteiger partial charge in [-0.2, -0.15) is 17.6 Å². The van der Waals surface area contributed by atoms with Crippen LogP contribution in [0, 0.1) is 11.6 Å². The van der Waals surface area contributed by atoms with E-state index in [1.807, 2.05) is 0 Å². The van der Waals surface area contributed by atoms with Crippen LogP contribution >= 0.6 is 0 Å². The highest BCUT2D eigenvalue weighted by Crippen LogP contribution is 2.17. The Bertz CT molecular complexity index is 608. The predicted octanol–water partition coefficient (Wildman–Crippen LogP) is 1.40. The summed E-state index contributed by atoms with van der Waals surface area (Å²) >= 11 is 0. The molecule has 1 heterocycles. The number of hydrogen-bond donors (Lipinski definition) is 0. The Morgan fingerprint density at radius 2 is 2.00 bits per heavy atom. The molecule has 4 nitrogen and oxygen atoms in total. The maximum Gasteiger partial charge on any atom is 0.285 e. The molecule has 2 aromatic rings. The highest BCUT2D eigenvalue weighted by Gasteiger charge is 2.21. The van der Waals surface area contributed by atoms with Crippen molar-refractivity contribution in [2.24, 2.45) is 0 Å². The summed E-state index contributed by atoms with van der Waals surface area (Å²) in [7, 11) is -4.08. The highest BCUT2D eigenvalue weighted by molar-refractivity contribution is 7.89. The zero-order chi connectivity index (χ0) is 11.8. The minimum Gasteiger partial charge on any atom is -0.207 e. The van der Waals surface area contributed by atoms with E-state index in [1.165, 1.54) is 12.3 Å². The Morgan fingerprint density at radius 3 is 2.56 bits per heavy atom. The number of hydrogen-bond acceptors (Lipinski definition) is 3. The van der Waals surface area contributed by atoms with Crippen LogP contribution in [-0.2, 0) is 10.0 Å². The lowest BCUT2D eigenvalue weighted by Crippen LogP contribution is -2.15. The van der Waals surface area contributed by atoms with Crippen LogP contribution < -0.4 is 0 Å². The standard InChI is InChI=1S/C9H6F2N2O2S/c10-7-2-3-9(8(11)6-7)16(14,15)13-5-1-4-12-13/h1-6H. The minimum absolute atomic E-state index is 0.510. The molecule has 0 atom stereocenters. The summed E-state index contributed by atoms with van der Waals surface area (Å²) < 4.78 is 50.0. The summed E-state index contributed by atoms with van der Waals surface area (Å²) in [5, 5.41) is 3.50. The third kappa shape index (κ3) is 1.69. The quantitative estimate of drug-likeness (QED) is 0.802. The van der Waals surface area contributed by atoms with Crippen LogP contribution in [0.4, 0.5) is 8.78 Å². The average Bonchev–Trinajstić information content (AvgIpc) is 2.69. The maximum atomic E-state index is 13.3. The summed E-state index contributed by atoms with van der Waals surface area (Å²) in [4.78, 5) is -0.613. The van der Waals surface area contributed by atoms with Crippen molar-refractivity contribution in [3.8, 4) is 0 Å². The van der Waals surface area contributed by atoms with E-state index in [2.05, 4.69) is 5.10 Å². The Morgan fingerprint density at radius 1 is 1.25 bits per heavy atom. The second-order valence-corrected chi connectivity index (χ2v) is 4.72. The van der Waals surface area contributed by atoms with Crippen molar-refractivity contribution in [2.45, 2.75) is 4.90 Å². The van der Waals surface area contributed by atoms with Gasteiger partial charge >= 0.3 is 0 Å². The topological polar surface area (TPSA) is 52.0 Å². The Kier molecular flexibility index (Phi) is 2.47. The number of rotatable bonds is 2. The molecule has 0 bridgehead atoms. The second-order valence-electron chi connectivity index (χ2n) is 2.96. The largest absolute Gasteiger partial charge is 0.285 e. The minimum atomic E-state index is -4.08. The van der Waals surface area contributed by atoms with Gasteiger partial charge in [0.15, 0.2) is 0 Å². The fourth-order valence-corrected chi connectivity index (χ4v) is 2.34. The number of nitrogens with zero attached hydrogens (tertiary/aromatic N) is 2. The van der Waals surface area contributed by atoms with Gasteiger partial charge in [0.05, 0.1) is 6.20 Å². The van der Waals surface area contributed by atoms with Crippen LogP contribution in [-0.4, -0.2) is 17.6 Å². The van der Waals surface area contributed by atoms with Crippen LogP contribution in [0.2, 0.25) is 0 Å². The second kappa shape index (κ2) is 3.67. The lowest BCUT2D eigenvalue weighted by Gasteiger charge is -2.04. The molecule has 0 aliphatic carbocycles. The number of benzene rings is 1. The van der Waals surface area contributed by atoms with Gasteiger partial charge in [-0.25, -0.2) is 8.78 Å². The molecule has 1 aromatic heterocycles. The van der Waals surface area contributed by atoms with Crippen molar-refractivity contribution >= 4 is 10.0 Å². The molecule has 0 fully saturated rings. The van der Waals surface area contributed by atoms with Crippen molar-refractivity contribution in [1.29, 1.82) is 0 Å².